The van der Waals surface area contributed by atoms with Gasteiger partial charge in [0.2, 0.25) is 0 Å². The zero-order valence-electron chi connectivity index (χ0n) is 9.00. The zero-order valence-corrected chi connectivity index (χ0v) is 34.0. The van der Waals surface area contributed by atoms with Gasteiger partial charge in [-0.15, -0.1) is 0 Å². The molecule has 0 aliphatic carbocycles. The van der Waals surface area contributed by atoms with Crippen LogP contribution in [-0.4, -0.2) is 0 Å². The van der Waals surface area contributed by atoms with E-state index in [-0.39, 0.29) is 231 Å². The molecule has 0 rings (SSSR count). The van der Waals surface area contributed by atoms with Gasteiger partial charge in [0.25, 0.3) is 0 Å². The fraction of sp³-hybridized carbons (Fsp3) is 0. The minimum atomic E-state index is 0. The Morgan fingerprint density at radius 3 is 0.333 bits per heavy atom. The van der Waals surface area contributed by atoms with Crippen molar-refractivity contribution in [2.45, 2.75) is 0 Å². The van der Waals surface area contributed by atoms with E-state index >= 15 is 0 Å². The Balaban J connectivity index is 0. The normalized spacial score (nSPS) is 0. The first-order valence-corrected chi connectivity index (χ1v) is 0. The second-order valence-corrected chi connectivity index (χ2v) is 0. The fourth-order valence-corrected chi connectivity index (χ4v) is 0. The van der Waals surface area contributed by atoms with E-state index in [1.807, 2.05) is 0 Å². The third kappa shape index (κ3) is 96.0. The summed E-state index contributed by atoms with van der Waals surface area (Å²) in [6, 6.07) is 0. The first kappa shape index (κ1) is 138. The maximum absolute atomic E-state index is 0. The molecule has 0 spiro atoms. The van der Waals surface area contributed by atoms with Crippen molar-refractivity contribution >= 4 is 0 Å². The molecule has 0 heterocycles. The van der Waals surface area contributed by atoms with E-state index in [1.165, 1.54) is 0 Å². The molecule has 6 heteroatoms. The summed E-state index contributed by atoms with van der Waals surface area (Å²) < 4.78 is 0. The van der Waals surface area contributed by atoms with Gasteiger partial charge in [-0.1, -0.05) is 0 Å². The van der Waals surface area contributed by atoms with Crippen molar-refractivity contribution in [1.29, 1.82) is 0 Å². The average molecular weight is 1520 g/mol. The zero-order chi connectivity index (χ0) is 0. The van der Waals surface area contributed by atoms with Crippen LogP contribution in [0.15, 0.2) is 0 Å². The van der Waals surface area contributed by atoms with Gasteiger partial charge < -0.3 is 44.6 Å². The summed E-state index contributed by atoms with van der Waals surface area (Å²) >= 11 is 0. The molecule has 0 N–H and O–H groups in total. The van der Waals surface area contributed by atoms with Crippen LogP contribution in [0.2, 0.25) is 0 Å². The first-order chi connectivity index (χ1) is 0. The predicted molar refractivity (Wildman–Crippen MR) is 38.5 cm³/mol. The van der Waals surface area contributed by atoms with Crippen LogP contribution in [-0.2, 0) is 0 Å². The summed E-state index contributed by atoms with van der Waals surface area (Å²) in [6.45, 7) is 0. The van der Waals surface area contributed by atoms with E-state index in [9.17, 15) is 0 Å². The Bertz CT molecular complexity index is 12.0. The molecule has 12 heavy (non-hydrogen) atoms. The molecule has 67 valence electrons. The second-order valence-electron chi connectivity index (χ2n) is 0. The average Bonchev–Trinajstić information content (AvgIpc) is 0. The first-order valence-electron chi connectivity index (χ1n) is 0. The SMILES string of the molecule is [CH3-].[CH3-].[CH3-].[CH3-].[CH3-].[CH3-].[U+2].[U+3].[U].[U].[U].[U]. The Kier molecular flexibility index (Phi) is 1330. The van der Waals surface area contributed by atoms with Crippen LogP contribution in [0.4, 0.5) is 0 Å². The molecule has 0 aliphatic heterocycles. The third-order valence-electron chi connectivity index (χ3n) is 0. The van der Waals surface area contributed by atoms with Crippen molar-refractivity contribution in [3.05, 3.63) is 44.6 Å². The van der Waals surface area contributed by atoms with Gasteiger partial charge in [0.15, 0.2) is 0 Å². The smallest absolute Gasteiger partial charge is 0.358 e. The van der Waals surface area contributed by atoms with Crippen molar-refractivity contribution in [2.75, 3.05) is 0 Å². The van der Waals surface area contributed by atoms with Gasteiger partial charge >= 0.3 is 62.2 Å². The summed E-state index contributed by atoms with van der Waals surface area (Å²) in [7, 11) is 0. The minimum absolute atomic E-state index is 0. The van der Waals surface area contributed by atoms with Gasteiger partial charge in [0.1, 0.15) is 0 Å². The Morgan fingerprint density at radius 1 is 0.333 bits per heavy atom. The molecule has 0 atom stereocenters. The molecular weight excluding hydrogens is 1500 g/mol. The number of hydrogen-bond donors (Lipinski definition) is 0. The van der Waals surface area contributed by atoms with Crippen LogP contribution in [0.1, 0.15) is 0 Å². The van der Waals surface area contributed by atoms with E-state index in [0.29, 0.717) is 0 Å². The monoisotopic (exact) mass is 1520 g/mol. The molecule has 0 saturated carbocycles. The largest absolute Gasteiger partial charge is 3.00 e. The summed E-state index contributed by atoms with van der Waals surface area (Å²) in [5.41, 5.74) is 0. The van der Waals surface area contributed by atoms with Gasteiger partial charge in [-0.05, 0) is 0 Å². The van der Waals surface area contributed by atoms with Crippen LogP contribution >= 0.6 is 0 Å². The van der Waals surface area contributed by atoms with Crippen molar-refractivity contribution in [1.82, 2.24) is 0 Å². The van der Waals surface area contributed by atoms with E-state index in [4.69, 9.17) is 0 Å². The molecule has 0 aromatic heterocycles. The van der Waals surface area contributed by atoms with E-state index in [0.717, 1.165) is 0 Å². The van der Waals surface area contributed by atoms with Crippen molar-refractivity contribution < 1.29 is 187 Å². The summed E-state index contributed by atoms with van der Waals surface area (Å²) in [5, 5.41) is 0. The molecule has 1 radical (unpaired) electrons. The molecule has 0 fully saturated rings. The van der Waals surface area contributed by atoms with Gasteiger partial charge in [-0.3, -0.25) is 0 Å². The van der Waals surface area contributed by atoms with Gasteiger partial charge in [-0.25, -0.2) is 0 Å². The predicted octanol–water partition coefficient (Wildman–Crippen LogP) is 2.70. The topological polar surface area (TPSA) is 0 Å². The van der Waals surface area contributed by atoms with Crippen molar-refractivity contribution in [3.8, 4) is 0 Å². The van der Waals surface area contributed by atoms with Crippen molar-refractivity contribution in [3.63, 3.8) is 0 Å². The summed E-state index contributed by atoms with van der Waals surface area (Å²) in [4.78, 5) is 0. The molecule has 0 unspecified atom stereocenters. The Morgan fingerprint density at radius 2 is 0.333 bits per heavy atom. The molecule has 0 aliphatic rings. The van der Waals surface area contributed by atoms with E-state index < -0.39 is 0 Å². The van der Waals surface area contributed by atoms with Crippen LogP contribution in [0.5, 0.6) is 0 Å². The second kappa shape index (κ2) is 116. The number of hydrogen-bond acceptors (Lipinski definition) is 0. The van der Waals surface area contributed by atoms with Crippen LogP contribution in [0, 0.1) is 231 Å². The quantitative estimate of drug-likeness (QED) is 0.328. The molecule has 0 nitrogen and oxygen atoms in total. The van der Waals surface area contributed by atoms with Gasteiger partial charge in [0, 0.05) is 124 Å². The van der Waals surface area contributed by atoms with Crippen molar-refractivity contribution in [2.24, 2.45) is 0 Å². The summed E-state index contributed by atoms with van der Waals surface area (Å²) in [6.07, 6.45) is 0. The minimum Gasteiger partial charge on any atom is -0.358 e. The van der Waals surface area contributed by atoms with E-state index in [2.05, 4.69) is 0 Å². The summed E-state index contributed by atoms with van der Waals surface area (Å²) in [5.74, 6) is 0. The molecule has 0 saturated heterocycles. The van der Waals surface area contributed by atoms with Gasteiger partial charge in [0.05, 0.1) is 0 Å². The Labute approximate surface area is 225 Å². The maximum atomic E-state index is 0. The van der Waals surface area contributed by atoms with Crippen LogP contribution in [0.25, 0.3) is 0 Å². The van der Waals surface area contributed by atoms with Crippen LogP contribution < -0.4 is 0 Å². The fourth-order valence-electron chi connectivity index (χ4n) is 0. The van der Waals surface area contributed by atoms with Crippen LogP contribution in [0.3, 0.4) is 0 Å². The molecule has 0 aromatic carbocycles. The number of rotatable bonds is 0. The van der Waals surface area contributed by atoms with Gasteiger partial charge in [-0.2, -0.15) is 0 Å². The Hall–Kier alpha value is 6.31. The maximum Gasteiger partial charge on any atom is 3.00 e. The third-order valence-corrected chi connectivity index (χ3v) is 0. The van der Waals surface area contributed by atoms with E-state index in [1.54, 1.807) is 0 Å². The molecule has 0 aromatic rings. The molecular formula is C6H18U6-. The molecule has 0 bridgehead atoms. The standard InChI is InChI=1S/6CH3.6U/h6*1H3;;;;;;/q6*-1;;;;;+2;+3. The molecule has 0 amide bonds.